The number of rotatable bonds is 4. The molecule has 0 aliphatic rings. The number of hydrogen-bond acceptors (Lipinski definition) is 2. The molecule has 0 aromatic heterocycles. The minimum atomic E-state index is 0.233. The molecule has 1 radical (unpaired) electrons. The maximum Gasteiger partial charge on any atom is 0.119 e. The lowest BCUT2D eigenvalue weighted by Crippen LogP contribution is -2.06. The topological polar surface area (TPSA) is 21.3 Å². The molecule has 0 amide bonds. The maximum absolute atomic E-state index is 5.51. The first-order valence-corrected chi connectivity index (χ1v) is 4.48. The Morgan fingerprint density at radius 1 is 1.31 bits per heavy atom. The van der Waals surface area contributed by atoms with Crippen LogP contribution in [0.25, 0.3) is 0 Å². The van der Waals surface area contributed by atoms with Crippen molar-refractivity contribution in [2.75, 3.05) is 0 Å². The molecule has 0 aliphatic carbocycles. The lowest BCUT2D eigenvalue weighted by molar-refractivity contribution is 0.242. The molecule has 0 unspecified atom stereocenters. The molecule has 1 N–H and O–H groups in total. The van der Waals surface area contributed by atoms with Gasteiger partial charge in [-0.25, -0.2) is 0 Å². The number of ether oxygens (including phenoxy) is 1. The molecule has 2 nitrogen and oxygen atoms in total. The first-order chi connectivity index (χ1) is 6.22. The van der Waals surface area contributed by atoms with E-state index >= 15 is 0 Å². The average Bonchev–Trinajstić information content (AvgIpc) is 2.08. The van der Waals surface area contributed by atoms with Crippen LogP contribution in [0.3, 0.4) is 0 Å². The Morgan fingerprint density at radius 2 is 1.92 bits per heavy atom. The van der Waals surface area contributed by atoms with Gasteiger partial charge in [-0.2, -0.15) is 0 Å². The van der Waals surface area contributed by atoms with Crippen LogP contribution in [0.15, 0.2) is 24.3 Å². The van der Waals surface area contributed by atoms with Gasteiger partial charge in [-0.05, 0) is 31.5 Å². The van der Waals surface area contributed by atoms with Crippen molar-refractivity contribution in [2.45, 2.75) is 26.5 Å². The Labute approximate surface area is 79.9 Å². The van der Waals surface area contributed by atoms with Gasteiger partial charge in [-0.3, -0.25) is 0 Å². The Morgan fingerprint density at radius 3 is 2.38 bits per heavy atom. The molecule has 0 bridgehead atoms. The fourth-order valence-corrected chi connectivity index (χ4v) is 1.10. The summed E-state index contributed by atoms with van der Waals surface area (Å²) in [5.74, 6) is 0.919. The normalized spacial score (nSPS) is 10.5. The molecule has 1 aromatic rings. The van der Waals surface area contributed by atoms with Gasteiger partial charge in [0.15, 0.2) is 0 Å². The van der Waals surface area contributed by atoms with Crippen molar-refractivity contribution in [1.29, 1.82) is 0 Å². The van der Waals surface area contributed by atoms with Crippen molar-refractivity contribution in [3.63, 3.8) is 0 Å². The zero-order valence-corrected chi connectivity index (χ0v) is 8.21. The molecule has 0 saturated heterocycles. The van der Waals surface area contributed by atoms with Crippen LogP contribution in [0.4, 0.5) is 0 Å². The highest BCUT2D eigenvalue weighted by molar-refractivity contribution is 5.27. The lowest BCUT2D eigenvalue weighted by Gasteiger charge is -2.09. The van der Waals surface area contributed by atoms with E-state index in [1.165, 1.54) is 5.56 Å². The van der Waals surface area contributed by atoms with Gasteiger partial charge in [0.25, 0.3) is 0 Å². The van der Waals surface area contributed by atoms with Gasteiger partial charge in [0.2, 0.25) is 0 Å². The third-order valence-corrected chi connectivity index (χ3v) is 1.62. The van der Waals surface area contributed by atoms with Crippen LogP contribution in [-0.2, 0) is 6.54 Å². The van der Waals surface area contributed by atoms with Crippen LogP contribution >= 0.6 is 0 Å². The van der Waals surface area contributed by atoms with Crippen molar-refractivity contribution in [1.82, 2.24) is 5.32 Å². The van der Waals surface area contributed by atoms with Crippen LogP contribution in [0.2, 0.25) is 0 Å². The van der Waals surface area contributed by atoms with Crippen molar-refractivity contribution >= 4 is 0 Å². The van der Waals surface area contributed by atoms with E-state index in [-0.39, 0.29) is 6.10 Å². The van der Waals surface area contributed by atoms with E-state index in [0.29, 0.717) is 0 Å². The van der Waals surface area contributed by atoms with Gasteiger partial charge in [-0.1, -0.05) is 12.1 Å². The second-order valence-corrected chi connectivity index (χ2v) is 3.24. The molecule has 0 atom stereocenters. The van der Waals surface area contributed by atoms with Crippen LogP contribution in [-0.4, -0.2) is 6.10 Å². The van der Waals surface area contributed by atoms with Crippen LogP contribution in [0, 0.1) is 7.05 Å². The van der Waals surface area contributed by atoms with Gasteiger partial charge in [0, 0.05) is 13.6 Å². The summed E-state index contributed by atoms with van der Waals surface area (Å²) in [5, 5.41) is 2.85. The number of benzene rings is 1. The summed E-state index contributed by atoms with van der Waals surface area (Å²) in [4.78, 5) is 0. The Kier molecular flexibility index (Phi) is 3.77. The van der Waals surface area contributed by atoms with Crippen LogP contribution in [0.5, 0.6) is 5.75 Å². The van der Waals surface area contributed by atoms with E-state index in [2.05, 4.69) is 12.4 Å². The van der Waals surface area contributed by atoms with E-state index in [1.54, 1.807) is 0 Å². The molecule has 0 spiro atoms. The smallest absolute Gasteiger partial charge is 0.119 e. The van der Waals surface area contributed by atoms with Gasteiger partial charge >= 0.3 is 0 Å². The fraction of sp³-hybridized carbons (Fsp3) is 0.364. The van der Waals surface area contributed by atoms with E-state index in [1.807, 2.05) is 38.1 Å². The summed E-state index contributed by atoms with van der Waals surface area (Å²) >= 11 is 0. The summed E-state index contributed by atoms with van der Waals surface area (Å²) in [5.41, 5.74) is 1.21. The summed E-state index contributed by atoms with van der Waals surface area (Å²) in [6.07, 6.45) is 0.233. The second-order valence-electron chi connectivity index (χ2n) is 3.24. The van der Waals surface area contributed by atoms with Gasteiger partial charge in [0.05, 0.1) is 6.10 Å². The highest BCUT2D eigenvalue weighted by Crippen LogP contribution is 2.13. The second kappa shape index (κ2) is 4.87. The van der Waals surface area contributed by atoms with Crippen molar-refractivity contribution < 1.29 is 4.74 Å². The largest absolute Gasteiger partial charge is 0.491 e. The molecular formula is C11H16NO. The molecule has 71 valence electrons. The Bertz CT molecular complexity index is 241. The molecule has 1 rings (SSSR count). The maximum atomic E-state index is 5.51. The summed E-state index contributed by atoms with van der Waals surface area (Å²) in [6, 6.07) is 8.03. The van der Waals surface area contributed by atoms with Gasteiger partial charge in [0.1, 0.15) is 5.75 Å². The average molecular weight is 178 g/mol. The van der Waals surface area contributed by atoms with Crippen LogP contribution < -0.4 is 10.1 Å². The number of nitrogens with one attached hydrogen (secondary N) is 1. The lowest BCUT2D eigenvalue weighted by atomic mass is 10.2. The highest BCUT2D eigenvalue weighted by atomic mass is 16.5. The number of hydrogen-bond donors (Lipinski definition) is 1. The minimum Gasteiger partial charge on any atom is -0.491 e. The third-order valence-electron chi connectivity index (χ3n) is 1.62. The van der Waals surface area contributed by atoms with Gasteiger partial charge in [-0.15, -0.1) is 0 Å². The molecular weight excluding hydrogens is 162 g/mol. The van der Waals surface area contributed by atoms with Crippen molar-refractivity contribution in [3.8, 4) is 5.75 Å². The standard InChI is InChI=1S/C11H16NO/c1-9(2)13-11-6-4-10(5-7-11)8-12-3/h4-7,9,12H,3,8H2,1-2H3. The summed E-state index contributed by atoms with van der Waals surface area (Å²) in [7, 11) is 3.57. The Hall–Kier alpha value is -1.02. The summed E-state index contributed by atoms with van der Waals surface area (Å²) < 4.78 is 5.51. The van der Waals surface area contributed by atoms with Gasteiger partial charge < -0.3 is 10.1 Å². The van der Waals surface area contributed by atoms with E-state index in [0.717, 1.165) is 12.3 Å². The zero-order chi connectivity index (χ0) is 9.68. The van der Waals surface area contributed by atoms with E-state index in [4.69, 9.17) is 4.74 Å². The van der Waals surface area contributed by atoms with Crippen molar-refractivity contribution in [2.24, 2.45) is 0 Å². The molecule has 2 heteroatoms. The molecule has 0 aliphatic heterocycles. The highest BCUT2D eigenvalue weighted by Gasteiger charge is 1.96. The molecule has 1 aromatic carbocycles. The quantitative estimate of drug-likeness (QED) is 0.764. The monoisotopic (exact) mass is 178 g/mol. The Balaban J connectivity index is 2.59. The molecule has 0 saturated carbocycles. The van der Waals surface area contributed by atoms with E-state index < -0.39 is 0 Å². The van der Waals surface area contributed by atoms with Crippen molar-refractivity contribution in [3.05, 3.63) is 36.9 Å². The first-order valence-electron chi connectivity index (χ1n) is 4.48. The fourth-order valence-electron chi connectivity index (χ4n) is 1.10. The minimum absolute atomic E-state index is 0.233. The summed E-state index contributed by atoms with van der Waals surface area (Å²) in [6.45, 7) is 4.83. The first kappa shape index (κ1) is 10.1. The zero-order valence-electron chi connectivity index (χ0n) is 8.21. The third kappa shape index (κ3) is 3.47. The predicted octanol–water partition coefficient (Wildman–Crippen LogP) is 2.35. The van der Waals surface area contributed by atoms with Crippen LogP contribution in [0.1, 0.15) is 19.4 Å². The molecule has 0 fully saturated rings. The molecule has 13 heavy (non-hydrogen) atoms. The predicted molar refractivity (Wildman–Crippen MR) is 54.4 cm³/mol. The SMILES string of the molecule is [CH2]NCc1ccc(OC(C)C)cc1. The van der Waals surface area contributed by atoms with E-state index in [9.17, 15) is 0 Å². The molecule has 0 heterocycles.